The van der Waals surface area contributed by atoms with Crippen LogP contribution in [0.15, 0.2) is 17.5 Å². The van der Waals surface area contributed by atoms with Crippen LogP contribution in [0.2, 0.25) is 0 Å². The van der Waals surface area contributed by atoms with Gasteiger partial charge in [-0.3, -0.25) is 4.79 Å². The van der Waals surface area contributed by atoms with E-state index < -0.39 is 6.04 Å². The van der Waals surface area contributed by atoms with E-state index in [2.05, 4.69) is 0 Å². The van der Waals surface area contributed by atoms with E-state index in [-0.39, 0.29) is 11.4 Å². The van der Waals surface area contributed by atoms with Crippen LogP contribution in [-0.4, -0.2) is 18.6 Å². The molecule has 1 rings (SSSR count). The Labute approximate surface area is 101 Å². The molecule has 0 radical (unpaired) electrons. The van der Waals surface area contributed by atoms with E-state index in [0.717, 1.165) is 6.42 Å². The highest BCUT2D eigenvalue weighted by atomic mass is 32.1. The molecule has 0 spiro atoms. The smallest absolute Gasteiger partial charge is 0.323 e. The number of carbonyl (C=O) groups excluding carboxylic acids is 1. The van der Waals surface area contributed by atoms with Gasteiger partial charge in [-0.05, 0) is 16.9 Å². The summed E-state index contributed by atoms with van der Waals surface area (Å²) in [6.45, 7) is 6.19. The van der Waals surface area contributed by atoms with Crippen molar-refractivity contribution in [2.45, 2.75) is 33.2 Å². The zero-order chi connectivity index (χ0) is 12.2. The van der Waals surface area contributed by atoms with E-state index in [4.69, 9.17) is 10.5 Å². The van der Waals surface area contributed by atoms with Gasteiger partial charge in [-0.25, -0.2) is 0 Å². The van der Waals surface area contributed by atoms with E-state index in [1.165, 1.54) is 4.88 Å². The Morgan fingerprint density at radius 1 is 1.56 bits per heavy atom. The number of ether oxygens (including phenoxy) is 1. The van der Waals surface area contributed by atoms with Gasteiger partial charge in [0.1, 0.15) is 6.04 Å². The number of hydrogen-bond acceptors (Lipinski definition) is 4. The SMILES string of the molecule is CC(C)(C)[C@@H](N)C(=O)OCCc1cccs1. The van der Waals surface area contributed by atoms with Crippen molar-refractivity contribution in [3.8, 4) is 0 Å². The summed E-state index contributed by atoms with van der Waals surface area (Å²) in [5, 5.41) is 2.01. The first-order valence-corrected chi connectivity index (χ1v) is 6.24. The van der Waals surface area contributed by atoms with Crippen LogP contribution < -0.4 is 5.73 Å². The summed E-state index contributed by atoms with van der Waals surface area (Å²) in [5.74, 6) is -0.316. The summed E-state index contributed by atoms with van der Waals surface area (Å²) in [6, 6.07) is 3.46. The van der Waals surface area contributed by atoms with Crippen LogP contribution >= 0.6 is 11.3 Å². The molecular formula is C12H19NO2S. The summed E-state index contributed by atoms with van der Waals surface area (Å²) < 4.78 is 5.15. The van der Waals surface area contributed by atoms with E-state index in [9.17, 15) is 4.79 Å². The molecule has 90 valence electrons. The molecule has 0 aliphatic heterocycles. The fraction of sp³-hybridized carbons (Fsp3) is 0.583. The number of nitrogens with two attached hydrogens (primary N) is 1. The molecule has 3 nitrogen and oxygen atoms in total. The molecule has 0 bridgehead atoms. The molecule has 0 fully saturated rings. The lowest BCUT2D eigenvalue weighted by Crippen LogP contribution is -2.43. The van der Waals surface area contributed by atoms with Crippen molar-refractivity contribution in [2.75, 3.05) is 6.61 Å². The fourth-order valence-electron chi connectivity index (χ4n) is 1.15. The number of thiophene rings is 1. The number of esters is 1. The quantitative estimate of drug-likeness (QED) is 0.822. The highest BCUT2D eigenvalue weighted by Crippen LogP contribution is 2.18. The van der Waals surface area contributed by atoms with Gasteiger partial charge in [-0.2, -0.15) is 0 Å². The minimum Gasteiger partial charge on any atom is -0.464 e. The van der Waals surface area contributed by atoms with Gasteiger partial charge in [-0.15, -0.1) is 11.3 Å². The summed E-state index contributed by atoms with van der Waals surface area (Å²) in [5.41, 5.74) is 5.53. The molecule has 2 N–H and O–H groups in total. The number of rotatable bonds is 4. The van der Waals surface area contributed by atoms with E-state index >= 15 is 0 Å². The molecule has 1 heterocycles. The highest BCUT2D eigenvalue weighted by Gasteiger charge is 2.28. The molecule has 0 saturated heterocycles. The highest BCUT2D eigenvalue weighted by molar-refractivity contribution is 7.09. The van der Waals surface area contributed by atoms with Crippen LogP contribution in [0.25, 0.3) is 0 Å². The van der Waals surface area contributed by atoms with Crippen molar-refractivity contribution in [1.29, 1.82) is 0 Å². The zero-order valence-corrected chi connectivity index (χ0v) is 10.8. The molecule has 4 heteroatoms. The van der Waals surface area contributed by atoms with Gasteiger partial charge in [0.25, 0.3) is 0 Å². The molecule has 1 aromatic heterocycles. The maximum atomic E-state index is 11.6. The second kappa shape index (κ2) is 5.46. The molecule has 1 aromatic rings. The summed E-state index contributed by atoms with van der Waals surface area (Å²) in [6.07, 6.45) is 0.764. The van der Waals surface area contributed by atoms with Gasteiger partial charge in [-0.1, -0.05) is 26.8 Å². The predicted molar refractivity (Wildman–Crippen MR) is 66.4 cm³/mol. The lowest BCUT2D eigenvalue weighted by atomic mass is 9.87. The van der Waals surface area contributed by atoms with Gasteiger partial charge in [0.15, 0.2) is 0 Å². The Hall–Kier alpha value is -0.870. The predicted octanol–water partition coefficient (Wildman–Crippen LogP) is 2.21. The Balaban J connectivity index is 2.30. The fourth-order valence-corrected chi connectivity index (χ4v) is 1.84. The molecular weight excluding hydrogens is 222 g/mol. The first kappa shape index (κ1) is 13.2. The third-order valence-electron chi connectivity index (χ3n) is 2.36. The number of hydrogen-bond donors (Lipinski definition) is 1. The molecule has 0 amide bonds. The Morgan fingerprint density at radius 2 is 2.25 bits per heavy atom. The largest absolute Gasteiger partial charge is 0.464 e. The van der Waals surface area contributed by atoms with Crippen molar-refractivity contribution in [3.05, 3.63) is 22.4 Å². The van der Waals surface area contributed by atoms with E-state index in [1.54, 1.807) is 11.3 Å². The monoisotopic (exact) mass is 241 g/mol. The minimum atomic E-state index is -0.559. The average molecular weight is 241 g/mol. The summed E-state index contributed by atoms with van der Waals surface area (Å²) in [7, 11) is 0. The van der Waals surface area contributed by atoms with Crippen LogP contribution in [0.5, 0.6) is 0 Å². The first-order chi connectivity index (χ1) is 7.41. The zero-order valence-electron chi connectivity index (χ0n) is 10.0. The Bertz CT molecular complexity index is 327. The van der Waals surface area contributed by atoms with Gasteiger partial charge in [0.05, 0.1) is 6.61 Å². The number of carbonyl (C=O) groups is 1. The molecule has 0 aromatic carbocycles. The molecule has 0 unspecified atom stereocenters. The van der Waals surface area contributed by atoms with Gasteiger partial charge in [0.2, 0.25) is 0 Å². The third kappa shape index (κ3) is 3.94. The minimum absolute atomic E-state index is 0.250. The third-order valence-corrected chi connectivity index (χ3v) is 3.30. The lowest BCUT2D eigenvalue weighted by Gasteiger charge is -2.24. The van der Waals surface area contributed by atoms with Crippen molar-refractivity contribution in [2.24, 2.45) is 11.1 Å². The van der Waals surface area contributed by atoms with Crippen LogP contribution in [-0.2, 0) is 16.0 Å². The topological polar surface area (TPSA) is 52.3 Å². The van der Waals surface area contributed by atoms with Gasteiger partial charge < -0.3 is 10.5 Å². The second-order valence-corrected chi connectivity index (χ2v) is 5.87. The van der Waals surface area contributed by atoms with Crippen molar-refractivity contribution < 1.29 is 9.53 Å². The molecule has 1 atom stereocenters. The maximum absolute atomic E-state index is 11.6. The van der Waals surface area contributed by atoms with E-state index in [1.807, 2.05) is 38.3 Å². The van der Waals surface area contributed by atoms with E-state index in [0.29, 0.717) is 6.61 Å². The van der Waals surface area contributed by atoms with Gasteiger partial charge >= 0.3 is 5.97 Å². The van der Waals surface area contributed by atoms with Crippen LogP contribution in [0.1, 0.15) is 25.6 Å². The molecule has 16 heavy (non-hydrogen) atoms. The summed E-state index contributed by atoms with van der Waals surface area (Å²) >= 11 is 1.67. The molecule has 0 aliphatic rings. The first-order valence-electron chi connectivity index (χ1n) is 5.36. The maximum Gasteiger partial charge on any atom is 0.323 e. The normalized spacial score (nSPS) is 13.5. The van der Waals surface area contributed by atoms with Crippen molar-refractivity contribution in [1.82, 2.24) is 0 Å². The Kier molecular flexibility index (Phi) is 4.50. The lowest BCUT2D eigenvalue weighted by molar-refractivity contribution is -0.147. The van der Waals surface area contributed by atoms with Crippen LogP contribution in [0.4, 0.5) is 0 Å². The second-order valence-electron chi connectivity index (χ2n) is 4.84. The standard InChI is InChI=1S/C12H19NO2S/c1-12(2,3)10(13)11(14)15-7-6-9-5-4-8-16-9/h4-5,8,10H,6-7,13H2,1-3H3/t10-/m0/s1. The van der Waals surface area contributed by atoms with Crippen molar-refractivity contribution in [3.63, 3.8) is 0 Å². The average Bonchev–Trinajstić information content (AvgIpc) is 2.67. The van der Waals surface area contributed by atoms with Crippen LogP contribution in [0, 0.1) is 5.41 Å². The van der Waals surface area contributed by atoms with Gasteiger partial charge in [0, 0.05) is 11.3 Å². The Morgan fingerprint density at radius 3 is 2.75 bits per heavy atom. The van der Waals surface area contributed by atoms with Crippen LogP contribution in [0.3, 0.4) is 0 Å². The summed E-state index contributed by atoms with van der Waals surface area (Å²) in [4.78, 5) is 12.8. The molecule has 0 saturated carbocycles. The molecule has 0 aliphatic carbocycles. The van der Waals surface area contributed by atoms with Crippen molar-refractivity contribution >= 4 is 17.3 Å².